The first kappa shape index (κ1) is 39.4. The lowest BCUT2D eigenvalue weighted by atomic mass is 9.91. The minimum atomic E-state index is 0.875. The second kappa shape index (κ2) is 16.5. The van der Waals surface area contributed by atoms with Gasteiger partial charge in [0.1, 0.15) is 11.2 Å². The fraction of sp³-hybridized carbons (Fsp3) is 0. The van der Waals surface area contributed by atoms with Gasteiger partial charge >= 0.3 is 0 Å². The van der Waals surface area contributed by atoms with Crippen LogP contribution in [-0.2, 0) is 0 Å². The lowest BCUT2D eigenvalue weighted by Gasteiger charge is -2.28. The lowest BCUT2D eigenvalue weighted by molar-refractivity contribution is 0.673. The Morgan fingerprint density at radius 3 is 1.51 bits per heavy atom. The van der Waals surface area contributed by atoms with Crippen molar-refractivity contribution in [2.45, 2.75) is 0 Å². The van der Waals surface area contributed by atoms with Crippen molar-refractivity contribution < 1.29 is 4.42 Å². The van der Waals surface area contributed by atoms with Crippen LogP contribution in [0.15, 0.2) is 265 Å². The maximum Gasteiger partial charge on any atom is 0.143 e. The summed E-state index contributed by atoms with van der Waals surface area (Å²) in [4.78, 5) is 2.40. The van der Waals surface area contributed by atoms with Crippen LogP contribution in [0.4, 0.5) is 17.1 Å². The predicted molar refractivity (Wildman–Crippen MR) is 288 cm³/mol. The molecule has 1 aromatic heterocycles. The zero-order chi connectivity index (χ0) is 45.0. The van der Waals surface area contributed by atoms with Crippen LogP contribution in [0.25, 0.3) is 110 Å². The van der Waals surface area contributed by atoms with Gasteiger partial charge < -0.3 is 9.32 Å². The van der Waals surface area contributed by atoms with Gasteiger partial charge in [0.15, 0.2) is 0 Å². The Morgan fingerprint density at radius 2 is 0.779 bits per heavy atom. The zero-order valence-electron chi connectivity index (χ0n) is 37.2. The van der Waals surface area contributed by atoms with Crippen LogP contribution in [0, 0.1) is 0 Å². The van der Waals surface area contributed by atoms with E-state index >= 15 is 0 Å². The number of anilines is 3. The van der Waals surface area contributed by atoms with Gasteiger partial charge in [0, 0.05) is 33.1 Å². The van der Waals surface area contributed by atoms with Crippen molar-refractivity contribution >= 4 is 71.3 Å². The van der Waals surface area contributed by atoms with Crippen LogP contribution in [0.5, 0.6) is 0 Å². The molecular formula is C66H43NO. The Labute approximate surface area is 395 Å². The minimum Gasteiger partial charge on any atom is -0.455 e. The van der Waals surface area contributed by atoms with Gasteiger partial charge in [0.2, 0.25) is 0 Å². The Bertz CT molecular complexity index is 4000. The van der Waals surface area contributed by atoms with Gasteiger partial charge in [-0.15, -0.1) is 0 Å². The van der Waals surface area contributed by atoms with E-state index in [1.54, 1.807) is 0 Å². The summed E-state index contributed by atoms with van der Waals surface area (Å²) < 4.78 is 6.71. The molecule has 0 fully saturated rings. The van der Waals surface area contributed by atoms with Crippen molar-refractivity contribution in [3.05, 3.63) is 261 Å². The summed E-state index contributed by atoms with van der Waals surface area (Å²) in [6.07, 6.45) is 0. The molecule has 68 heavy (non-hydrogen) atoms. The quantitative estimate of drug-likeness (QED) is 0.142. The van der Waals surface area contributed by atoms with Gasteiger partial charge in [-0.1, -0.05) is 206 Å². The van der Waals surface area contributed by atoms with Gasteiger partial charge in [0.05, 0.1) is 5.69 Å². The van der Waals surface area contributed by atoms with Crippen LogP contribution in [-0.4, -0.2) is 0 Å². The van der Waals surface area contributed by atoms with Crippen molar-refractivity contribution in [2.75, 3.05) is 4.90 Å². The third-order valence-corrected chi connectivity index (χ3v) is 13.7. The Kier molecular flexibility index (Phi) is 9.54. The first-order valence-electron chi connectivity index (χ1n) is 23.3. The van der Waals surface area contributed by atoms with Crippen LogP contribution in [0.2, 0.25) is 0 Å². The number of hydrogen-bond acceptors (Lipinski definition) is 2. The molecule has 0 saturated carbocycles. The SMILES string of the molecule is c1ccc(-c2ccc(-c3ccc(N(c4ccc(-c5ccc6c(ccc7ccccc76)c5)cc4)c4ccccc4-c4cccc5oc6c7ccccc7ccc6c45)cc3)cc2-c2ccccc2)cc1. The summed E-state index contributed by atoms with van der Waals surface area (Å²) in [5, 5.41) is 9.55. The molecule has 1 heterocycles. The summed E-state index contributed by atoms with van der Waals surface area (Å²) in [5.41, 5.74) is 16.7. The smallest absolute Gasteiger partial charge is 0.143 e. The Morgan fingerprint density at radius 1 is 0.265 bits per heavy atom. The molecule has 0 N–H and O–H groups in total. The molecule has 0 bridgehead atoms. The summed E-state index contributed by atoms with van der Waals surface area (Å²) >= 11 is 0. The Balaban J connectivity index is 0.946. The standard InChI is InChI=1S/C66H43NO/c1-3-14-46(15-4-1)56-39-34-51(43-62(56)47-16-5-2-6-17-47)45-30-37-54(38-31-45)67(53-35-28-44(29-36-53)50-33-40-57-52(42-50)27-26-48-18-7-9-20-55(48)57)63-24-12-11-22-59(63)60-23-13-25-64-65(60)61-41-32-49-19-8-10-21-58(49)66(61)68-64/h1-43H. The first-order chi connectivity index (χ1) is 33.7. The highest BCUT2D eigenvalue weighted by atomic mass is 16.3. The number of para-hydroxylation sites is 1. The maximum atomic E-state index is 6.71. The van der Waals surface area contributed by atoms with Crippen molar-refractivity contribution in [3.63, 3.8) is 0 Å². The number of fused-ring (bicyclic) bond motifs is 8. The third-order valence-electron chi connectivity index (χ3n) is 13.7. The van der Waals surface area contributed by atoms with E-state index in [1.807, 2.05) is 0 Å². The van der Waals surface area contributed by atoms with Gasteiger partial charge in [-0.3, -0.25) is 0 Å². The third kappa shape index (κ3) is 6.82. The summed E-state index contributed by atoms with van der Waals surface area (Å²) in [6, 6.07) is 94.4. The number of hydrogen-bond donors (Lipinski definition) is 0. The normalized spacial score (nSPS) is 11.5. The molecule has 2 nitrogen and oxygen atoms in total. The summed E-state index contributed by atoms with van der Waals surface area (Å²) in [5.74, 6) is 0. The average Bonchev–Trinajstić information content (AvgIpc) is 3.82. The van der Waals surface area contributed by atoms with E-state index < -0.39 is 0 Å². The monoisotopic (exact) mass is 865 g/mol. The van der Waals surface area contributed by atoms with Crippen LogP contribution in [0.1, 0.15) is 0 Å². The molecule has 0 radical (unpaired) electrons. The van der Waals surface area contributed by atoms with Gasteiger partial charge in [0.25, 0.3) is 0 Å². The van der Waals surface area contributed by atoms with Gasteiger partial charge in [-0.2, -0.15) is 0 Å². The van der Waals surface area contributed by atoms with E-state index in [4.69, 9.17) is 4.42 Å². The topological polar surface area (TPSA) is 16.4 Å². The molecule has 13 aromatic rings. The molecule has 0 saturated heterocycles. The maximum absolute atomic E-state index is 6.71. The zero-order valence-corrected chi connectivity index (χ0v) is 37.2. The Hall–Kier alpha value is -8.98. The number of benzene rings is 12. The first-order valence-corrected chi connectivity index (χ1v) is 23.3. The van der Waals surface area contributed by atoms with Crippen molar-refractivity contribution in [1.82, 2.24) is 0 Å². The highest BCUT2D eigenvalue weighted by Gasteiger charge is 2.22. The largest absolute Gasteiger partial charge is 0.455 e. The molecule has 0 unspecified atom stereocenters. The highest BCUT2D eigenvalue weighted by Crippen LogP contribution is 2.46. The lowest BCUT2D eigenvalue weighted by Crippen LogP contribution is -2.11. The van der Waals surface area contributed by atoms with E-state index in [0.29, 0.717) is 0 Å². The average molecular weight is 866 g/mol. The van der Waals surface area contributed by atoms with Crippen LogP contribution >= 0.6 is 0 Å². The molecule has 0 atom stereocenters. The van der Waals surface area contributed by atoms with E-state index in [9.17, 15) is 0 Å². The van der Waals surface area contributed by atoms with Crippen molar-refractivity contribution in [2.24, 2.45) is 0 Å². The molecule has 13 rings (SSSR count). The van der Waals surface area contributed by atoms with Gasteiger partial charge in [-0.05, 0) is 132 Å². The molecular weight excluding hydrogens is 823 g/mol. The second-order valence-electron chi connectivity index (χ2n) is 17.6. The fourth-order valence-electron chi connectivity index (χ4n) is 10.4. The van der Waals surface area contributed by atoms with Crippen LogP contribution in [0.3, 0.4) is 0 Å². The molecule has 12 aromatic carbocycles. The van der Waals surface area contributed by atoms with Crippen molar-refractivity contribution in [3.8, 4) is 55.6 Å². The number of rotatable bonds is 8. The summed E-state index contributed by atoms with van der Waals surface area (Å²) in [7, 11) is 0. The van der Waals surface area contributed by atoms with E-state index in [1.165, 1.54) is 65.9 Å². The van der Waals surface area contributed by atoms with E-state index in [-0.39, 0.29) is 0 Å². The molecule has 0 aliphatic rings. The number of nitrogens with zero attached hydrogens (tertiary/aromatic N) is 1. The molecule has 2 heteroatoms. The molecule has 0 spiro atoms. The fourth-order valence-corrected chi connectivity index (χ4v) is 10.4. The predicted octanol–water partition coefficient (Wildman–Crippen LogP) is 18.9. The second-order valence-corrected chi connectivity index (χ2v) is 17.6. The van der Waals surface area contributed by atoms with Crippen molar-refractivity contribution in [1.29, 1.82) is 0 Å². The number of furan rings is 1. The van der Waals surface area contributed by atoms with Crippen LogP contribution < -0.4 is 4.90 Å². The molecule has 0 aliphatic carbocycles. The van der Waals surface area contributed by atoms with Gasteiger partial charge in [-0.25, -0.2) is 0 Å². The van der Waals surface area contributed by atoms with E-state index in [0.717, 1.165) is 61.1 Å². The van der Waals surface area contributed by atoms with E-state index in [2.05, 4.69) is 266 Å². The highest BCUT2D eigenvalue weighted by molar-refractivity contribution is 6.20. The molecule has 0 aliphatic heterocycles. The molecule has 0 amide bonds. The minimum absolute atomic E-state index is 0.875. The molecule has 318 valence electrons. The summed E-state index contributed by atoms with van der Waals surface area (Å²) in [6.45, 7) is 0.